The molecule has 0 radical (unpaired) electrons. The fourth-order valence-electron chi connectivity index (χ4n) is 3.84. The number of piperidine rings is 1. The van der Waals surface area contributed by atoms with E-state index in [1.165, 1.54) is 31.2 Å². The van der Waals surface area contributed by atoms with Gasteiger partial charge in [0.2, 0.25) is 5.91 Å². The Morgan fingerprint density at radius 1 is 1.09 bits per heavy atom. The molecule has 0 spiro atoms. The van der Waals surface area contributed by atoms with Gasteiger partial charge in [-0.15, -0.1) is 0 Å². The van der Waals surface area contributed by atoms with Gasteiger partial charge in [0.25, 0.3) is 0 Å². The van der Waals surface area contributed by atoms with Gasteiger partial charge in [-0.25, -0.2) is 0 Å². The van der Waals surface area contributed by atoms with E-state index in [1.54, 1.807) is 0 Å². The molecule has 2 saturated heterocycles. The zero-order valence-electron chi connectivity index (χ0n) is 14.5. The molecule has 2 fully saturated rings. The lowest BCUT2D eigenvalue weighted by Gasteiger charge is -2.34. The van der Waals surface area contributed by atoms with Crippen LogP contribution in [0.25, 0.3) is 0 Å². The lowest BCUT2D eigenvalue weighted by Crippen LogP contribution is -2.42. The molecule has 0 aromatic carbocycles. The van der Waals surface area contributed by atoms with Gasteiger partial charge < -0.3 is 9.42 Å². The summed E-state index contributed by atoms with van der Waals surface area (Å²) < 4.78 is 5.25. The second-order valence-corrected chi connectivity index (χ2v) is 7.09. The third kappa shape index (κ3) is 3.94. The van der Waals surface area contributed by atoms with E-state index in [-0.39, 0.29) is 5.92 Å². The van der Waals surface area contributed by atoms with Crippen molar-refractivity contribution < 1.29 is 9.32 Å². The van der Waals surface area contributed by atoms with Crippen LogP contribution in [0, 0.1) is 19.8 Å². The molecule has 0 saturated carbocycles. The van der Waals surface area contributed by atoms with Gasteiger partial charge in [0, 0.05) is 31.1 Å². The zero-order chi connectivity index (χ0) is 16.2. The van der Waals surface area contributed by atoms with Gasteiger partial charge in [-0.3, -0.25) is 9.69 Å². The highest BCUT2D eigenvalue weighted by Gasteiger charge is 2.29. The lowest BCUT2D eigenvalue weighted by molar-refractivity contribution is -0.137. The minimum absolute atomic E-state index is 0.231. The molecule has 128 valence electrons. The van der Waals surface area contributed by atoms with Gasteiger partial charge in [0.15, 0.2) is 0 Å². The van der Waals surface area contributed by atoms with E-state index in [0.717, 1.165) is 57.0 Å². The Morgan fingerprint density at radius 3 is 2.30 bits per heavy atom. The van der Waals surface area contributed by atoms with Crippen molar-refractivity contribution in [1.29, 1.82) is 0 Å². The smallest absolute Gasteiger partial charge is 0.225 e. The van der Waals surface area contributed by atoms with Crippen LogP contribution >= 0.6 is 0 Å². The predicted molar refractivity (Wildman–Crippen MR) is 89.0 cm³/mol. The third-order valence-electron chi connectivity index (χ3n) is 5.42. The molecule has 0 N–H and O–H groups in total. The van der Waals surface area contributed by atoms with Crippen molar-refractivity contribution in [3.8, 4) is 0 Å². The van der Waals surface area contributed by atoms with Gasteiger partial charge in [-0.05, 0) is 52.6 Å². The number of carbonyl (C=O) groups is 1. The average Bonchev–Trinajstić information content (AvgIpc) is 2.78. The average molecular weight is 319 g/mol. The fraction of sp³-hybridized carbons (Fsp3) is 0.778. The molecular formula is C18H29N3O2. The second kappa shape index (κ2) is 7.47. The topological polar surface area (TPSA) is 49.6 Å². The monoisotopic (exact) mass is 319 g/mol. The van der Waals surface area contributed by atoms with Crippen LogP contribution in [0.15, 0.2) is 4.52 Å². The van der Waals surface area contributed by atoms with Crippen LogP contribution in [-0.4, -0.2) is 47.0 Å². The molecule has 3 heterocycles. The van der Waals surface area contributed by atoms with Gasteiger partial charge in [0.05, 0.1) is 5.69 Å². The zero-order valence-corrected chi connectivity index (χ0v) is 14.5. The standard InChI is InChI=1S/C18H29N3O2/c1-14-17(15(2)23-19-14)13-20-11-7-16(8-12-20)18(22)21-9-5-3-4-6-10-21/h16H,3-13H2,1-2H3. The Hall–Kier alpha value is -1.36. The summed E-state index contributed by atoms with van der Waals surface area (Å²) in [5.41, 5.74) is 2.20. The summed E-state index contributed by atoms with van der Waals surface area (Å²) >= 11 is 0. The quantitative estimate of drug-likeness (QED) is 0.859. The molecule has 3 rings (SSSR count). The van der Waals surface area contributed by atoms with Gasteiger partial charge in [0.1, 0.15) is 5.76 Å². The van der Waals surface area contributed by atoms with E-state index in [0.29, 0.717) is 5.91 Å². The largest absolute Gasteiger partial charge is 0.361 e. The van der Waals surface area contributed by atoms with Crippen LogP contribution in [0.5, 0.6) is 0 Å². The van der Waals surface area contributed by atoms with Crippen LogP contribution < -0.4 is 0 Å². The Labute approximate surface area is 139 Å². The van der Waals surface area contributed by atoms with Crippen LogP contribution in [-0.2, 0) is 11.3 Å². The first-order valence-electron chi connectivity index (χ1n) is 9.08. The normalized spacial score (nSPS) is 21.4. The summed E-state index contributed by atoms with van der Waals surface area (Å²) in [5, 5.41) is 4.03. The first-order chi connectivity index (χ1) is 11.1. The Balaban J connectivity index is 1.51. The Kier molecular flexibility index (Phi) is 5.36. The molecular weight excluding hydrogens is 290 g/mol. The summed E-state index contributed by atoms with van der Waals surface area (Å²) in [7, 11) is 0. The minimum atomic E-state index is 0.231. The summed E-state index contributed by atoms with van der Waals surface area (Å²) in [6.07, 6.45) is 6.88. The maximum atomic E-state index is 12.7. The molecule has 2 aliphatic rings. The van der Waals surface area contributed by atoms with Crippen LogP contribution in [0.4, 0.5) is 0 Å². The van der Waals surface area contributed by atoms with Gasteiger partial charge in [-0.1, -0.05) is 18.0 Å². The maximum Gasteiger partial charge on any atom is 0.225 e. The summed E-state index contributed by atoms with van der Waals surface area (Å²) in [6.45, 7) is 8.80. The highest BCUT2D eigenvalue weighted by Crippen LogP contribution is 2.24. The van der Waals surface area contributed by atoms with E-state index < -0.39 is 0 Å². The van der Waals surface area contributed by atoms with Crippen molar-refractivity contribution in [2.24, 2.45) is 5.92 Å². The molecule has 1 aromatic rings. The van der Waals surface area contributed by atoms with E-state index in [1.807, 2.05) is 13.8 Å². The van der Waals surface area contributed by atoms with Crippen molar-refractivity contribution in [3.05, 3.63) is 17.0 Å². The van der Waals surface area contributed by atoms with Gasteiger partial charge >= 0.3 is 0 Å². The number of amides is 1. The summed E-state index contributed by atoms with van der Waals surface area (Å²) in [4.78, 5) is 17.3. The SMILES string of the molecule is Cc1noc(C)c1CN1CCC(C(=O)N2CCCCCC2)CC1. The number of nitrogens with zero attached hydrogens (tertiary/aromatic N) is 3. The predicted octanol–water partition coefficient (Wildman–Crippen LogP) is 2.91. The number of likely N-dealkylation sites (tertiary alicyclic amines) is 2. The summed E-state index contributed by atoms with van der Waals surface area (Å²) in [6, 6.07) is 0. The number of hydrogen-bond donors (Lipinski definition) is 0. The number of hydrogen-bond acceptors (Lipinski definition) is 4. The van der Waals surface area contributed by atoms with E-state index in [4.69, 9.17) is 4.52 Å². The number of aryl methyl sites for hydroxylation is 2. The fourth-order valence-corrected chi connectivity index (χ4v) is 3.84. The number of rotatable bonds is 3. The Morgan fingerprint density at radius 2 is 1.74 bits per heavy atom. The molecule has 2 aliphatic heterocycles. The van der Waals surface area contributed by atoms with Crippen molar-refractivity contribution in [3.63, 3.8) is 0 Å². The maximum absolute atomic E-state index is 12.7. The van der Waals surface area contributed by atoms with Crippen LogP contribution in [0.1, 0.15) is 55.5 Å². The highest BCUT2D eigenvalue weighted by atomic mass is 16.5. The number of carbonyl (C=O) groups excluding carboxylic acids is 1. The third-order valence-corrected chi connectivity index (χ3v) is 5.42. The number of aromatic nitrogens is 1. The first kappa shape index (κ1) is 16.5. The van der Waals surface area contributed by atoms with Crippen molar-refractivity contribution >= 4 is 5.91 Å². The molecule has 23 heavy (non-hydrogen) atoms. The highest BCUT2D eigenvalue weighted by molar-refractivity contribution is 5.79. The minimum Gasteiger partial charge on any atom is -0.361 e. The van der Waals surface area contributed by atoms with Crippen molar-refractivity contribution in [1.82, 2.24) is 15.0 Å². The molecule has 1 amide bonds. The molecule has 0 bridgehead atoms. The first-order valence-corrected chi connectivity index (χ1v) is 9.08. The molecule has 0 unspecified atom stereocenters. The molecule has 5 heteroatoms. The molecule has 5 nitrogen and oxygen atoms in total. The van der Waals surface area contributed by atoms with E-state index in [2.05, 4.69) is 15.0 Å². The van der Waals surface area contributed by atoms with Crippen LogP contribution in [0.3, 0.4) is 0 Å². The Bertz CT molecular complexity index is 505. The van der Waals surface area contributed by atoms with E-state index >= 15 is 0 Å². The lowest BCUT2D eigenvalue weighted by atomic mass is 9.94. The van der Waals surface area contributed by atoms with Crippen molar-refractivity contribution in [2.75, 3.05) is 26.2 Å². The second-order valence-electron chi connectivity index (χ2n) is 7.09. The molecule has 0 aliphatic carbocycles. The van der Waals surface area contributed by atoms with E-state index in [9.17, 15) is 4.79 Å². The summed E-state index contributed by atoms with van der Waals surface area (Å²) in [5.74, 6) is 1.56. The van der Waals surface area contributed by atoms with Crippen molar-refractivity contribution in [2.45, 2.75) is 58.9 Å². The molecule has 1 aromatic heterocycles. The van der Waals surface area contributed by atoms with Crippen LogP contribution in [0.2, 0.25) is 0 Å². The molecule has 0 atom stereocenters. The van der Waals surface area contributed by atoms with Gasteiger partial charge in [-0.2, -0.15) is 0 Å².